The van der Waals surface area contributed by atoms with E-state index in [9.17, 15) is 14.4 Å². The van der Waals surface area contributed by atoms with Crippen LogP contribution in [0, 0.1) is 23.7 Å². The van der Waals surface area contributed by atoms with Crippen molar-refractivity contribution >= 4 is 17.7 Å². The van der Waals surface area contributed by atoms with Crippen LogP contribution in [0.4, 0.5) is 0 Å². The summed E-state index contributed by atoms with van der Waals surface area (Å²) in [6, 6.07) is 0.0626. The average molecular weight is 276 g/mol. The zero-order chi connectivity index (χ0) is 14.4. The molecule has 2 bridgehead atoms. The molecule has 1 heterocycles. The zero-order valence-electron chi connectivity index (χ0n) is 11.8. The predicted molar refractivity (Wildman–Crippen MR) is 72.3 cm³/mol. The Kier molecular flexibility index (Phi) is 3.15. The van der Waals surface area contributed by atoms with Crippen LogP contribution in [0.1, 0.15) is 26.7 Å². The van der Waals surface area contributed by atoms with E-state index in [4.69, 9.17) is 0 Å². The van der Waals surface area contributed by atoms with Crippen LogP contribution in [0.5, 0.6) is 0 Å². The monoisotopic (exact) mass is 276 g/mol. The summed E-state index contributed by atoms with van der Waals surface area (Å²) in [5, 5.41) is 2.80. The fraction of sp³-hybridized carbons (Fsp3) is 0.667. The highest BCUT2D eigenvalue weighted by Gasteiger charge is 2.59. The molecule has 3 rings (SSSR count). The van der Waals surface area contributed by atoms with Gasteiger partial charge in [-0.15, -0.1) is 0 Å². The molecule has 20 heavy (non-hydrogen) atoms. The van der Waals surface area contributed by atoms with Gasteiger partial charge in [0.2, 0.25) is 17.7 Å². The highest BCUT2D eigenvalue weighted by Crippen LogP contribution is 2.52. The van der Waals surface area contributed by atoms with Gasteiger partial charge in [0, 0.05) is 6.04 Å². The maximum absolute atomic E-state index is 12.4. The molecule has 0 aromatic heterocycles. The number of carbonyl (C=O) groups is 3. The molecule has 1 saturated heterocycles. The fourth-order valence-corrected chi connectivity index (χ4v) is 3.69. The molecule has 108 valence electrons. The minimum absolute atomic E-state index is 0.0626. The van der Waals surface area contributed by atoms with Crippen molar-refractivity contribution in [2.45, 2.75) is 32.7 Å². The van der Waals surface area contributed by atoms with Crippen LogP contribution in [0.2, 0.25) is 0 Å². The number of hydrogen-bond acceptors (Lipinski definition) is 3. The minimum atomic E-state index is -0.249. The van der Waals surface area contributed by atoms with Crippen molar-refractivity contribution in [1.82, 2.24) is 10.2 Å². The Bertz CT molecular complexity index is 469. The largest absolute Gasteiger partial charge is 0.352 e. The van der Waals surface area contributed by atoms with Crippen molar-refractivity contribution in [3.8, 4) is 0 Å². The van der Waals surface area contributed by atoms with Gasteiger partial charge in [0.15, 0.2) is 0 Å². The number of imide groups is 1. The van der Waals surface area contributed by atoms with Gasteiger partial charge in [0.1, 0.15) is 6.54 Å². The number of carbonyl (C=O) groups excluding carboxylic acids is 3. The van der Waals surface area contributed by atoms with Crippen LogP contribution in [0.25, 0.3) is 0 Å². The van der Waals surface area contributed by atoms with E-state index in [1.807, 2.05) is 13.8 Å². The van der Waals surface area contributed by atoms with E-state index < -0.39 is 0 Å². The normalized spacial score (nSPS) is 35.6. The quantitative estimate of drug-likeness (QED) is 0.607. The van der Waals surface area contributed by atoms with E-state index in [2.05, 4.69) is 17.5 Å². The number of nitrogens with one attached hydrogen (secondary N) is 1. The van der Waals surface area contributed by atoms with Crippen LogP contribution in [-0.4, -0.2) is 35.2 Å². The summed E-state index contributed by atoms with van der Waals surface area (Å²) >= 11 is 0. The van der Waals surface area contributed by atoms with Crippen molar-refractivity contribution < 1.29 is 14.4 Å². The summed E-state index contributed by atoms with van der Waals surface area (Å²) < 4.78 is 0. The lowest BCUT2D eigenvalue weighted by atomic mass is 9.85. The molecule has 3 aliphatic rings. The molecule has 3 amide bonds. The summed E-state index contributed by atoms with van der Waals surface area (Å²) in [5.74, 6) is -0.593. The van der Waals surface area contributed by atoms with E-state index in [0.29, 0.717) is 0 Å². The van der Waals surface area contributed by atoms with Gasteiger partial charge in [0.05, 0.1) is 11.8 Å². The molecule has 0 spiro atoms. The molecule has 0 aromatic rings. The van der Waals surface area contributed by atoms with Crippen molar-refractivity contribution in [1.29, 1.82) is 0 Å². The van der Waals surface area contributed by atoms with Gasteiger partial charge in [-0.1, -0.05) is 19.1 Å². The summed E-state index contributed by atoms with van der Waals surface area (Å²) in [5.41, 5.74) is 0. The van der Waals surface area contributed by atoms with Crippen LogP contribution >= 0.6 is 0 Å². The molecule has 0 unspecified atom stereocenters. The number of hydrogen-bond donors (Lipinski definition) is 1. The molecule has 0 aromatic carbocycles. The molecular weight excluding hydrogens is 256 g/mol. The molecular formula is C15H20N2O3. The van der Waals surface area contributed by atoms with Gasteiger partial charge >= 0.3 is 0 Å². The molecule has 5 heteroatoms. The topological polar surface area (TPSA) is 66.5 Å². The van der Waals surface area contributed by atoms with Crippen molar-refractivity contribution in [3.63, 3.8) is 0 Å². The Hall–Kier alpha value is -1.65. The third-order valence-electron chi connectivity index (χ3n) is 4.88. The summed E-state index contributed by atoms with van der Waals surface area (Å²) in [4.78, 5) is 37.8. The van der Waals surface area contributed by atoms with E-state index in [1.165, 1.54) is 4.90 Å². The van der Waals surface area contributed by atoms with E-state index >= 15 is 0 Å². The predicted octanol–water partition coefficient (Wildman–Crippen LogP) is 0.708. The SMILES string of the molecule is CC[C@@H](C)NC(=O)CN1C(=O)[C@@H]2[C@H](C1=O)[C@H]1C=C[C@H]2C1. The summed E-state index contributed by atoms with van der Waals surface area (Å²) in [7, 11) is 0. The number of amides is 3. The molecule has 2 aliphatic carbocycles. The van der Waals surface area contributed by atoms with Gasteiger partial charge < -0.3 is 5.32 Å². The smallest absolute Gasteiger partial charge is 0.240 e. The Morgan fingerprint density at radius 2 is 1.85 bits per heavy atom. The van der Waals surface area contributed by atoms with Gasteiger partial charge in [-0.05, 0) is 31.6 Å². The average Bonchev–Trinajstić information content (AvgIpc) is 3.08. The molecule has 5 atom stereocenters. The Morgan fingerprint density at radius 3 is 2.35 bits per heavy atom. The molecule has 0 radical (unpaired) electrons. The van der Waals surface area contributed by atoms with Crippen molar-refractivity contribution in [2.24, 2.45) is 23.7 Å². The molecule has 1 N–H and O–H groups in total. The van der Waals surface area contributed by atoms with E-state index in [1.54, 1.807) is 0 Å². The maximum Gasteiger partial charge on any atom is 0.240 e. The summed E-state index contributed by atoms with van der Waals surface area (Å²) in [6.07, 6.45) is 5.85. The Morgan fingerprint density at radius 1 is 1.30 bits per heavy atom. The highest BCUT2D eigenvalue weighted by molar-refractivity contribution is 6.08. The molecule has 1 saturated carbocycles. The molecule has 2 fully saturated rings. The highest BCUT2D eigenvalue weighted by atomic mass is 16.2. The third-order valence-corrected chi connectivity index (χ3v) is 4.88. The van der Waals surface area contributed by atoms with Gasteiger partial charge in [0.25, 0.3) is 0 Å². The number of nitrogens with zero attached hydrogens (tertiary/aromatic N) is 1. The van der Waals surface area contributed by atoms with Gasteiger partial charge in [-0.3, -0.25) is 19.3 Å². The molecule has 5 nitrogen and oxygen atoms in total. The lowest BCUT2D eigenvalue weighted by Gasteiger charge is -2.18. The standard InChI is InChI=1S/C15H20N2O3/c1-3-8(2)16-11(18)7-17-14(19)12-9-4-5-10(6-9)13(12)15(17)20/h4-5,8-10,12-13H,3,6-7H2,1-2H3,(H,16,18)/t8-,9+,10+,12-,13+/m1/s1. The van der Waals surface area contributed by atoms with E-state index in [-0.39, 0.29) is 54.0 Å². The second kappa shape index (κ2) is 4.72. The molecule has 1 aliphatic heterocycles. The first-order valence-electron chi connectivity index (χ1n) is 7.35. The van der Waals surface area contributed by atoms with Crippen LogP contribution in [0.15, 0.2) is 12.2 Å². The first kappa shape index (κ1) is 13.3. The van der Waals surface area contributed by atoms with Crippen LogP contribution in [-0.2, 0) is 14.4 Å². The first-order chi connectivity index (χ1) is 9.52. The second-order valence-corrected chi connectivity index (χ2v) is 6.14. The van der Waals surface area contributed by atoms with E-state index in [0.717, 1.165) is 12.8 Å². The van der Waals surface area contributed by atoms with Crippen LogP contribution in [0.3, 0.4) is 0 Å². The maximum atomic E-state index is 12.4. The lowest BCUT2D eigenvalue weighted by molar-refractivity contribution is -0.144. The van der Waals surface area contributed by atoms with Crippen LogP contribution < -0.4 is 5.32 Å². The number of rotatable bonds is 4. The minimum Gasteiger partial charge on any atom is -0.352 e. The van der Waals surface area contributed by atoms with Gasteiger partial charge in [-0.2, -0.15) is 0 Å². The third kappa shape index (κ3) is 1.87. The second-order valence-electron chi connectivity index (χ2n) is 6.14. The zero-order valence-corrected chi connectivity index (χ0v) is 11.8. The fourth-order valence-electron chi connectivity index (χ4n) is 3.69. The number of likely N-dealkylation sites (tertiary alicyclic amines) is 1. The Balaban J connectivity index is 1.69. The van der Waals surface area contributed by atoms with Crippen molar-refractivity contribution in [3.05, 3.63) is 12.2 Å². The summed E-state index contributed by atoms with van der Waals surface area (Å²) in [6.45, 7) is 3.75. The lowest BCUT2D eigenvalue weighted by Crippen LogP contribution is -2.44. The van der Waals surface area contributed by atoms with Gasteiger partial charge in [-0.25, -0.2) is 0 Å². The Labute approximate surface area is 118 Å². The number of fused-ring (bicyclic) bond motifs is 5. The first-order valence-corrected chi connectivity index (χ1v) is 7.35. The van der Waals surface area contributed by atoms with Crippen molar-refractivity contribution in [2.75, 3.05) is 6.54 Å². The number of allylic oxidation sites excluding steroid dienone is 2.